The zero-order chi connectivity index (χ0) is 21.8. The van der Waals surface area contributed by atoms with E-state index in [1.165, 1.54) is 6.07 Å². The van der Waals surface area contributed by atoms with Crippen molar-refractivity contribution in [2.45, 2.75) is 32.7 Å². The number of nitro benzene ring substituents is 1. The molecule has 1 heterocycles. The number of ether oxygens (including phenoxy) is 2. The summed E-state index contributed by atoms with van der Waals surface area (Å²) in [5.41, 5.74) is 2.76. The zero-order valence-corrected chi connectivity index (χ0v) is 17.7. The second kappa shape index (κ2) is 9.13. The summed E-state index contributed by atoms with van der Waals surface area (Å²) in [5.74, 6) is 1.16. The molecule has 1 fully saturated rings. The number of rotatable bonds is 7. The Hall–Kier alpha value is -3.13. The van der Waals surface area contributed by atoms with Crippen LogP contribution in [0.4, 0.5) is 11.4 Å². The van der Waals surface area contributed by atoms with Crippen molar-refractivity contribution >= 4 is 17.3 Å². The van der Waals surface area contributed by atoms with Gasteiger partial charge in [0.05, 0.1) is 25.7 Å². The predicted octanol–water partition coefficient (Wildman–Crippen LogP) is 4.00. The van der Waals surface area contributed by atoms with Crippen LogP contribution in [0, 0.1) is 24.0 Å². The van der Waals surface area contributed by atoms with Gasteiger partial charge < -0.3 is 14.8 Å². The normalized spacial score (nSPS) is 16.3. The molecule has 1 aliphatic heterocycles. The molecule has 1 saturated heterocycles. The molecule has 160 valence electrons. The van der Waals surface area contributed by atoms with Crippen molar-refractivity contribution in [2.24, 2.45) is 0 Å². The van der Waals surface area contributed by atoms with Crippen molar-refractivity contribution in [3.8, 4) is 11.5 Å². The van der Waals surface area contributed by atoms with Crippen molar-refractivity contribution in [1.82, 2.24) is 4.90 Å². The number of hydrogen-bond acceptors (Lipinski definition) is 6. The van der Waals surface area contributed by atoms with Crippen molar-refractivity contribution in [1.29, 1.82) is 0 Å². The minimum Gasteiger partial charge on any atom is -0.497 e. The van der Waals surface area contributed by atoms with Crippen molar-refractivity contribution in [2.75, 3.05) is 32.6 Å². The van der Waals surface area contributed by atoms with Crippen LogP contribution in [-0.4, -0.2) is 43.0 Å². The van der Waals surface area contributed by atoms with E-state index in [9.17, 15) is 14.9 Å². The lowest BCUT2D eigenvalue weighted by atomic mass is 10.0. The van der Waals surface area contributed by atoms with Crippen LogP contribution in [0.5, 0.6) is 11.5 Å². The maximum Gasteiger partial charge on any atom is 0.293 e. The van der Waals surface area contributed by atoms with Gasteiger partial charge in [0.15, 0.2) is 0 Å². The number of amides is 1. The first kappa shape index (κ1) is 21.6. The summed E-state index contributed by atoms with van der Waals surface area (Å²) in [7, 11) is 3.22. The topological polar surface area (TPSA) is 93.9 Å². The van der Waals surface area contributed by atoms with Gasteiger partial charge >= 0.3 is 0 Å². The molecule has 0 spiro atoms. The highest BCUT2D eigenvalue weighted by molar-refractivity contribution is 5.95. The molecule has 1 atom stereocenters. The van der Waals surface area contributed by atoms with Gasteiger partial charge in [0.1, 0.15) is 17.2 Å². The maximum atomic E-state index is 12.8. The van der Waals surface area contributed by atoms with Gasteiger partial charge in [0.2, 0.25) is 5.91 Å². The number of carbonyl (C=O) groups excluding carboxylic acids is 1. The lowest BCUT2D eigenvalue weighted by molar-refractivity contribution is -0.384. The van der Waals surface area contributed by atoms with Crippen LogP contribution >= 0.6 is 0 Å². The number of hydrogen-bond donors (Lipinski definition) is 1. The Morgan fingerprint density at radius 3 is 2.67 bits per heavy atom. The Labute approximate surface area is 175 Å². The summed E-state index contributed by atoms with van der Waals surface area (Å²) in [6.45, 7) is 4.55. The molecule has 8 heteroatoms. The molecule has 2 aromatic carbocycles. The van der Waals surface area contributed by atoms with E-state index in [-0.39, 0.29) is 29.9 Å². The summed E-state index contributed by atoms with van der Waals surface area (Å²) in [4.78, 5) is 25.8. The van der Waals surface area contributed by atoms with Crippen LogP contribution < -0.4 is 14.8 Å². The van der Waals surface area contributed by atoms with Gasteiger partial charge in [0.25, 0.3) is 5.69 Å². The average Bonchev–Trinajstić information content (AvgIpc) is 3.18. The smallest absolute Gasteiger partial charge is 0.293 e. The van der Waals surface area contributed by atoms with Crippen LogP contribution in [-0.2, 0) is 4.79 Å². The highest BCUT2D eigenvalue weighted by atomic mass is 16.6. The Morgan fingerprint density at radius 2 is 2.00 bits per heavy atom. The summed E-state index contributed by atoms with van der Waals surface area (Å²) < 4.78 is 10.8. The van der Waals surface area contributed by atoms with Crippen LogP contribution in [0.25, 0.3) is 0 Å². The van der Waals surface area contributed by atoms with Crippen LogP contribution in [0.2, 0.25) is 0 Å². The minimum absolute atomic E-state index is 0.0326. The number of nitrogens with zero attached hydrogens (tertiary/aromatic N) is 2. The van der Waals surface area contributed by atoms with Crippen molar-refractivity contribution in [3.05, 3.63) is 57.1 Å². The number of aryl methyl sites for hydroxylation is 1. The largest absolute Gasteiger partial charge is 0.497 e. The van der Waals surface area contributed by atoms with Gasteiger partial charge in [0, 0.05) is 23.7 Å². The Kier molecular flexibility index (Phi) is 6.56. The lowest BCUT2D eigenvalue weighted by Gasteiger charge is -2.26. The van der Waals surface area contributed by atoms with Gasteiger partial charge in [-0.05, 0) is 50.4 Å². The highest BCUT2D eigenvalue weighted by Crippen LogP contribution is 2.38. The SMILES string of the molecule is COc1ccc([C@@H]2CCCN2CC(=O)Nc2c([N+](=O)[O-])ccc(C)c2C)c(OC)c1. The zero-order valence-electron chi connectivity index (χ0n) is 17.7. The van der Waals surface area contributed by atoms with E-state index in [4.69, 9.17) is 9.47 Å². The van der Waals surface area contributed by atoms with E-state index < -0.39 is 4.92 Å². The molecular formula is C22H27N3O5. The number of nitrogens with one attached hydrogen (secondary N) is 1. The van der Waals surface area contributed by atoms with Crippen LogP contribution in [0.3, 0.4) is 0 Å². The standard InChI is InChI=1S/C22H27N3O5/c1-14-7-10-19(25(27)28)22(15(14)2)23-21(26)13-24-11-5-6-18(24)17-9-8-16(29-3)12-20(17)30-4/h7-10,12,18H,5-6,11,13H2,1-4H3,(H,23,26)/t18-/m0/s1. The molecule has 0 saturated carbocycles. The number of methoxy groups -OCH3 is 2. The number of anilines is 1. The maximum absolute atomic E-state index is 12.8. The molecule has 0 unspecified atom stereocenters. The second-order valence-corrected chi connectivity index (χ2v) is 7.44. The first-order valence-corrected chi connectivity index (χ1v) is 9.86. The molecule has 1 aliphatic rings. The van der Waals surface area contributed by atoms with Crippen LogP contribution in [0.1, 0.15) is 35.6 Å². The van der Waals surface area contributed by atoms with E-state index in [0.717, 1.165) is 36.3 Å². The molecule has 1 N–H and O–H groups in total. The summed E-state index contributed by atoms with van der Waals surface area (Å²) in [6.07, 6.45) is 1.86. The molecule has 0 bridgehead atoms. The van der Waals surface area contributed by atoms with Crippen molar-refractivity contribution in [3.63, 3.8) is 0 Å². The third kappa shape index (κ3) is 4.38. The fraction of sp³-hybridized carbons (Fsp3) is 0.409. The third-order valence-electron chi connectivity index (χ3n) is 5.68. The second-order valence-electron chi connectivity index (χ2n) is 7.44. The fourth-order valence-corrected chi connectivity index (χ4v) is 3.94. The number of nitro groups is 1. The van der Waals surface area contributed by atoms with Gasteiger partial charge in [-0.25, -0.2) is 0 Å². The quantitative estimate of drug-likeness (QED) is 0.545. The van der Waals surface area contributed by atoms with Gasteiger partial charge in [-0.3, -0.25) is 19.8 Å². The monoisotopic (exact) mass is 413 g/mol. The number of benzene rings is 2. The Balaban J connectivity index is 1.79. The molecule has 1 amide bonds. The molecule has 30 heavy (non-hydrogen) atoms. The average molecular weight is 413 g/mol. The number of likely N-dealkylation sites (tertiary alicyclic amines) is 1. The highest BCUT2D eigenvalue weighted by Gasteiger charge is 2.30. The van der Waals surface area contributed by atoms with E-state index in [0.29, 0.717) is 11.3 Å². The van der Waals surface area contributed by atoms with Gasteiger partial charge in [-0.15, -0.1) is 0 Å². The third-order valence-corrected chi connectivity index (χ3v) is 5.68. The Bertz CT molecular complexity index is 960. The van der Waals surface area contributed by atoms with E-state index in [1.54, 1.807) is 27.2 Å². The first-order chi connectivity index (χ1) is 14.3. The number of carbonyl (C=O) groups is 1. The molecule has 3 rings (SSSR count). The van der Waals surface area contributed by atoms with E-state index in [1.807, 2.05) is 25.1 Å². The van der Waals surface area contributed by atoms with Crippen molar-refractivity contribution < 1.29 is 19.2 Å². The van der Waals surface area contributed by atoms with E-state index in [2.05, 4.69) is 10.2 Å². The van der Waals surface area contributed by atoms with E-state index >= 15 is 0 Å². The molecule has 8 nitrogen and oxygen atoms in total. The fourth-order valence-electron chi connectivity index (χ4n) is 3.94. The molecule has 0 aromatic heterocycles. The minimum atomic E-state index is -0.469. The molecule has 0 radical (unpaired) electrons. The Morgan fingerprint density at radius 1 is 1.23 bits per heavy atom. The molecule has 2 aromatic rings. The molecule has 0 aliphatic carbocycles. The van der Waals surface area contributed by atoms with Gasteiger partial charge in [-0.2, -0.15) is 0 Å². The molecular weight excluding hydrogens is 386 g/mol. The predicted molar refractivity (Wildman–Crippen MR) is 114 cm³/mol. The first-order valence-electron chi connectivity index (χ1n) is 9.86. The lowest BCUT2D eigenvalue weighted by Crippen LogP contribution is -2.33. The van der Waals surface area contributed by atoms with Gasteiger partial charge in [-0.1, -0.05) is 12.1 Å². The summed E-state index contributed by atoms with van der Waals surface area (Å²) >= 11 is 0. The summed E-state index contributed by atoms with van der Waals surface area (Å²) in [5, 5.41) is 14.2. The van der Waals surface area contributed by atoms with Crippen LogP contribution in [0.15, 0.2) is 30.3 Å². The summed E-state index contributed by atoms with van der Waals surface area (Å²) in [6, 6.07) is 8.84.